The van der Waals surface area contributed by atoms with Crippen LogP contribution in [0.15, 0.2) is 0 Å². The molecule has 3 rings (SSSR count). The van der Waals surface area contributed by atoms with Crippen LogP contribution in [0, 0.1) is 5.92 Å². The molecule has 18 heavy (non-hydrogen) atoms. The summed E-state index contributed by atoms with van der Waals surface area (Å²) in [5.41, 5.74) is 0. The number of hydrogen-bond acceptors (Lipinski definition) is 3. The number of nitrogens with zero attached hydrogens (tertiary/aromatic N) is 2. The zero-order chi connectivity index (χ0) is 12.5. The highest BCUT2D eigenvalue weighted by molar-refractivity contribution is 5.84. The number of nitrogens with one attached hydrogen (secondary N) is 2. The molecule has 2 N–H and O–H groups in total. The Morgan fingerprint density at radius 3 is 2.78 bits per heavy atom. The first-order valence-electron chi connectivity index (χ1n) is 6.81. The summed E-state index contributed by atoms with van der Waals surface area (Å²) in [5.74, 6) is 0.142. The quantitative estimate of drug-likeness (QED) is 0.594. The summed E-state index contributed by atoms with van der Waals surface area (Å²) < 4.78 is 0. The molecular weight excluding hydrogens is 232 g/mol. The summed E-state index contributed by atoms with van der Waals surface area (Å²) in [6.45, 7) is 4.69. The number of piperidine rings is 1. The van der Waals surface area contributed by atoms with Crippen LogP contribution in [-0.4, -0.2) is 67.0 Å². The molecule has 3 aliphatic rings. The number of likely N-dealkylation sites (tertiary alicyclic amines) is 1. The minimum Gasteiger partial charge on any atom is -0.354 e. The number of carbonyl (C=O) groups is 2. The average Bonchev–Trinajstić information content (AvgIpc) is 2.81. The lowest BCUT2D eigenvalue weighted by atomic mass is 9.92. The lowest BCUT2D eigenvalue weighted by molar-refractivity contribution is -0.123. The normalized spacial score (nSPS) is 32.1. The van der Waals surface area contributed by atoms with Gasteiger partial charge in [0.2, 0.25) is 5.91 Å². The van der Waals surface area contributed by atoms with Gasteiger partial charge < -0.3 is 20.4 Å². The highest BCUT2D eigenvalue weighted by Crippen LogP contribution is 2.28. The predicted octanol–water partition coefficient (Wildman–Crippen LogP) is -0.778. The Morgan fingerprint density at radius 1 is 1.22 bits per heavy atom. The highest BCUT2D eigenvalue weighted by atomic mass is 16.2. The molecular formula is C12H20N4O2. The van der Waals surface area contributed by atoms with E-state index in [9.17, 15) is 9.59 Å². The SMILES string of the molecule is O=C1NCC2C1CCCN2C(=O)N1CCNCC1. The van der Waals surface area contributed by atoms with Crippen LogP contribution in [0.4, 0.5) is 4.79 Å². The molecule has 0 aromatic heterocycles. The number of rotatable bonds is 0. The van der Waals surface area contributed by atoms with Gasteiger partial charge in [0.25, 0.3) is 0 Å². The minimum atomic E-state index is 0.0191. The Balaban J connectivity index is 1.70. The molecule has 3 saturated heterocycles. The maximum Gasteiger partial charge on any atom is 0.320 e. The third-order valence-corrected chi connectivity index (χ3v) is 4.23. The van der Waals surface area contributed by atoms with Crippen molar-refractivity contribution in [2.45, 2.75) is 18.9 Å². The summed E-state index contributed by atoms with van der Waals surface area (Å²) >= 11 is 0. The van der Waals surface area contributed by atoms with Gasteiger partial charge in [-0.1, -0.05) is 0 Å². The van der Waals surface area contributed by atoms with Crippen LogP contribution >= 0.6 is 0 Å². The van der Waals surface area contributed by atoms with E-state index < -0.39 is 0 Å². The number of fused-ring (bicyclic) bond motifs is 1. The second-order valence-electron chi connectivity index (χ2n) is 5.27. The molecule has 3 fully saturated rings. The molecule has 3 amide bonds. The van der Waals surface area contributed by atoms with Gasteiger partial charge in [-0.15, -0.1) is 0 Å². The molecule has 0 spiro atoms. The van der Waals surface area contributed by atoms with Gasteiger partial charge in [0.1, 0.15) is 0 Å². The van der Waals surface area contributed by atoms with Gasteiger partial charge in [0, 0.05) is 39.3 Å². The van der Waals surface area contributed by atoms with Gasteiger partial charge in [-0.05, 0) is 12.8 Å². The first-order chi connectivity index (χ1) is 8.77. The van der Waals surface area contributed by atoms with Crippen molar-refractivity contribution in [1.82, 2.24) is 20.4 Å². The molecule has 0 aliphatic carbocycles. The lowest BCUT2D eigenvalue weighted by Crippen LogP contribution is -2.57. The zero-order valence-corrected chi connectivity index (χ0v) is 10.5. The van der Waals surface area contributed by atoms with E-state index in [1.807, 2.05) is 9.80 Å². The van der Waals surface area contributed by atoms with E-state index in [1.54, 1.807) is 0 Å². The number of carbonyl (C=O) groups excluding carboxylic acids is 2. The summed E-state index contributed by atoms with van der Waals surface area (Å²) in [6.07, 6.45) is 1.86. The van der Waals surface area contributed by atoms with Gasteiger partial charge in [0.15, 0.2) is 0 Å². The average molecular weight is 252 g/mol. The monoisotopic (exact) mass is 252 g/mol. The third-order valence-electron chi connectivity index (χ3n) is 4.23. The van der Waals surface area contributed by atoms with Crippen LogP contribution < -0.4 is 10.6 Å². The maximum absolute atomic E-state index is 12.5. The van der Waals surface area contributed by atoms with Gasteiger partial charge >= 0.3 is 6.03 Å². The van der Waals surface area contributed by atoms with Crippen LogP contribution in [0.25, 0.3) is 0 Å². The molecule has 6 nitrogen and oxygen atoms in total. The Hall–Kier alpha value is -1.30. The Bertz CT molecular complexity index is 354. The van der Waals surface area contributed by atoms with Crippen molar-refractivity contribution in [1.29, 1.82) is 0 Å². The van der Waals surface area contributed by atoms with E-state index in [4.69, 9.17) is 0 Å². The summed E-state index contributed by atoms with van der Waals surface area (Å²) in [6, 6.07) is 0.191. The van der Waals surface area contributed by atoms with Crippen molar-refractivity contribution in [3.63, 3.8) is 0 Å². The fraction of sp³-hybridized carbons (Fsp3) is 0.833. The summed E-state index contributed by atoms with van der Waals surface area (Å²) in [4.78, 5) is 28.0. The van der Waals surface area contributed by atoms with Gasteiger partial charge in [-0.3, -0.25) is 4.79 Å². The molecule has 3 heterocycles. The second-order valence-corrected chi connectivity index (χ2v) is 5.27. The van der Waals surface area contributed by atoms with Crippen LogP contribution in [0.1, 0.15) is 12.8 Å². The minimum absolute atomic E-state index is 0.0191. The molecule has 0 aromatic rings. The molecule has 6 heteroatoms. The van der Waals surface area contributed by atoms with Gasteiger partial charge in [-0.2, -0.15) is 0 Å². The Labute approximate surface area is 107 Å². The fourth-order valence-electron chi connectivity index (χ4n) is 3.23. The molecule has 0 saturated carbocycles. The van der Waals surface area contributed by atoms with Crippen LogP contribution in [0.5, 0.6) is 0 Å². The first-order valence-corrected chi connectivity index (χ1v) is 6.81. The Morgan fingerprint density at radius 2 is 2.00 bits per heavy atom. The molecule has 2 atom stereocenters. The topological polar surface area (TPSA) is 64.7 Å². The largest absolute Gasteiger partial charge is 0.354 e. The van der Waals surface area contributed by atoms with Crippen molar-refractivity contribution in [2.24, 2.45) is 5.92 Å². The van der Waals surface area contributed by atoms with Crippen molar-refractivity contribution >= 4 is 11.9 Å². The molecule has 100 valence electrons. The number of amides is 3. The van der Waals surface area contributed by atoms with Crippen molar-refractivity contribution in [3.05, 3.63) is 0 Å². The smallest absolute Gasteiger partial charge is 0.320 e. The molecule has 0 bridgehead atoms. The zero-order valence-electron chi connectivity index (χ0n) is 10.5. The van der Waals surface area contributed by atoms with Crippen LogP contribution in [-0.2, 0) is 4.79 Å². The van der Waals surface area contributed by atoms with Crippen LogP contribution in [0.3, 0.4) is 0 Å². The molecule has 3 aliphatic heterocycles. The summed E-state index contributed by atoms with van der Waals surface area (Å²) in [5, 5.41) is 6.13. The number of piperazine rings is 1. The fourth-order valence-corrected chi connectivity index (χ4v) is 3.23. The molecule has 0 aromatic carbocycles. The summed E-state index contributed by atoms with van der Waals surface area (Å²) in [7, 11) is 0. The van der Waals surface area contributed by atoms with Gasteiger partial charge in [-0.25, -0.2) is 4.79 Å². The van der Waals surface area contributed by atoms with E-state index >= 15 is 0 Å². The van der Waals surface area contributed by atoms with E-state index in [2.05, 4.69) is 10.6 Å². The van der Waals surface area contributed by atoms with Crippen molar-refractivity contribution < 1.29 is 9.59 Å². The molecule has 0 radical (unpaired) electrons. The number of urea groups is 1. The van der Waals surface area contributed by atoms with Crippen molar-refractivity contribution in [2.75, 3.05) is 39.3 Å². The Kier molecular flexibility index (Phi) is 3.11. The molecule has 2 unspecified atom stereocenters. The predicted molar refractivity (Wildman–Crippen MR) is 66.1 cm³/mol. The highest BCUT2D eigenvalue weighted by Gasteiger charge is 2.43. The third kappa shape index (κ3) is 1.94. The standard InChI is InChI=1S/C12H20N4O2/c17-11-9-2-1-5-16(10(9)8-14-11)12(18)15-6-3-13-4-7-15/h9-10,13H,1-8H2,(H,14,17). The van der Waals surface area contributed by atoms with E-state index in [-0.39, 0.29) is 23.9 Å². The van der Waals surface area contributed by atoms with E-state index in [0.717, 1.165) is 45.6 Å². The van der Waals surface area contributed by atoms with E-state index in [0.29, 0.717) is 6.54 Å². The maximum atomic E-state index is 12.5. The first kappa shape index (κ1) is 11.8. The number of hydrogen-bond donors (Lipinski definition) is 2. The van der Waals surface area contributed by atoms with E-state index in [1.165, 1.54) is 0 Å². The van der Waals surface area contributed by atoms with Crippen LogP contribution in [0.2, 0.25) is 0 Å². The van der Waals surface area contributed by atoms with Crippen molar-refractivity contribution in [3.8, 4) is 0 Å². The van der Waals surface area contributed by atoms with Gasteiger partial charge in [0.05, 0.1) is 12.0 Å². The lowest BCUT2D eigenvalue weighted by Gasteiger charge is -2.40. The second kappa shape index (κ2) is 4.76.